The van der Waals surface area contributed by atoms with Crippen LogP contribution in [0.3, 0.4) is 0 Å². The minimum Gasteiger partial charge on any atom is -0.497 e. The Kier molecular flexibility index (Phi) is 4.06. The summed E-state index contributed by atoms with van der Waals surface area (Å²) in [6, 6.07) is 7.71. The predicted octanol–water partition coefficient (Wildman–Crippen LogP) is 2.07. The average molecular weight is 280 g/mol. The number of H-pyrrole nitrogens is 1. The summed E-state index contributed by atoms with van der Waals surface area (Å²) in [6.45, 7) is 0.599. The Hall–Kier alpha value is -2.01. The van der Waals surface area contributed by atoms with Gasteiger partial charge in [-0.05, 0) is 17.7 Å². The molecule has 0 amide bonds. The van der Waals surface area contributed by atoms with Crippen molar-refractivity contribution in [3.63, 3.8) is 0 Å². The van der Waals surface area contributed by atoms with Crippen LogP contribution in [0.4, 0.5) is 5.69 Å². The van der Waals surface area contributed by atoms with Gasteiger partial charge in [0.1, 0.15) is 10.8 Å². The topological polar surface area (TPSA) is 58.2 Å². The van der Waals surface area contributed by atoms with Crippen molar-refractivity contribution in [3.8, 4) is 5.75 Å². The van der Waals surface area contributed by atoms with Gasteiger partial charge >= 0.3 is 0 Å². The molecule has 6 heteroatoms. The first-order valence-electron chi connectivity index (χ1n) is 5.69. The molecule has 0 bridgehead atoms. The molecule has 0 unspecified atom stereocenters. The quantitative estimate of drug-likeness (QED) is 0.931. The maximum Gasteiger partial charge on any atom is 0.285 e. The normalized spacial score (nSPS) is 10.3. The van der Waals surface area contributed by atoms with E-state index in [-0.39, 0.29) is 5.02 Å². The molecule has 0 atom stereocenters. The van der Waals surface area contributed by atoms with Crippen molar-refractivity contribution in [1.29, 1.82) is 0 Å². The van der Waals surface area contributed by atoms with E-state index in [1.54, 1.807) is 7.11 Å². The molecule has 0 fully saturated rings. The third kappa shape index (κ3) is 3.06. The second-order valence-corrected chi connectivity index (χ2v) is 4.48. The van der Waals surface area contributed by atoms with Crippen LogP contribution in [0, 0.1) is 0 Å². The number of methoxy groups -OCH3 is 1. The lowest BCUT2D eigenvalue weighted by atomic mass is 10.2. The lowest BCUT2D eigenvalue weighted by Crippen LogP contribution is -2.21. The van der Waals surface area contributed by atoms with Crippen LogP contribution in [-0.4, -0.2) is 24.4 Å². The van der Waals surface area contributed by atoms with E-state index in [1.807, 2.05) is 36.2 Å². The molecule has 19 heavy (non-hydrogen) atoms. The van der Waals surface area contributed by atoms with Crippen molar-refractivity contribution in [1.82, 2.24) is 10.2 Å². The van der Waals surface area contributed by atoms with Gasteiger partial charge in [-0.25, -0.2) is 5.10 Å². The van der Waals surface area contributed by atoms with Crippen LogP contribution in [0.15, 0.2) is 35.3 Å². The summed E-state index contributed by atoms with van der Waals surface area (Å²) >= 11 is 5.96. The number of ether oxygens (including phenoxy) is 1. The van der Waals surface area contributed by atoms with Crippen molar-refractivity contribution in [3.05, 3.63) is 51.4 Å². The number of hydrogen-bond donors (Lipinski definition) is 1. The van der Waals surface area contributed by atoms with Gasteiger partial charge in [0.25, 0.3) is 5.56 Å². The number of nitrogens with one attached hydrogen (secondary N) is 1. The Morgan fingerprint density at radius 1 is 1.47 bits per heavy atom. The molecular weight excluding hydrogens is 266 g/mol. The number of aromatic nitrogens is 2. The van der Waals surface area contributed by atoms with Crippen LogP contribution >= 0.6 is 11.6 Å². The van der Waals surface area contributed by atoms with E-state index in [4.69, 9.17) is 16.3 Å². The van der Waals surface area contributed by atoms with Crippen molar-refractivity contribution < 1.29 is 4.74 Å². The molecule has 0 spiro atoms. The van der Waals surface area contributed by atoms with Crippen LogP contribution in [0.2, 0.25) is 5.02 Å². The maximum absolute atomic E-state index is 11.4. The summed E-state index contributed by atoms with van der Waals surface area (Å²) in [7, 11) is 3.47. The largest absolute Gasteiger partial charge is 0.497 e. The smallest absolute Gasteiger partial charge is 0.285 e. The fraction of sp³-hybridized carbons (Fsp3) is 0.231. The van der Waals surface area contributed by atoms with Gasteiger partial charge in [-0.15, -0.1) is 0 Å². The highest BCUT2D eigenvalue weighted by atomic mass is 35.5. The average Bonchev–Trinajstić information content (AvgIpc) is 2.42. The highest BCUT2D eigenvalue weighted by Gasteiger charge is 2.10. The number of halogens is 1. The highest BCUT2D eigenvalue weighted by molar-refractivity contribution is 6.32. The molecule has 1 heterocycles. The van der Waals surface area contributed by atoms with Crippen LogP contribution in [-0.2, 0) is 6.54 Å². The molecule has 1 aromatic carbocycles. The number of anilines is 1. The van der Waals surface area contributed by atoms with Crippen molar-refractivity contribution in [2.24, 2.45) is 0 Å². The lowest BCUT2D eigenvalue weighted by Gasteiger charge is -2.19. The lowest BCUT2D eigenvalue weighted by molar-refractivity contribution is 0.414. The Morgan fingerprint density at radius 2 is 2.26 bits per heavy atom. The van der Waals surface area contributed by atoms with E-state index < -0.39 is 5.56 Å². The summed E-state index contributed by atoms with van der Waals surface area (Å²) in [5, 5.41) is 6.19. The molecule has 5 nitrogen and oxygen atoms in total. The molecule has 0 aliphatic carbocycles. The maximum atomic E-state index is 11.4. The van der Waals surface area contributed by atoms with Gasteiger partial charge in [0.05, 0.1) is 19.0 Å². The first-order valence-corrected chi connectivity index (χ1v) is 6.07. The minimum absolute atomic E-state index is 0.139. The minimum atomic E-state index is -0.392. The van der Waals surface area contributed by atoms with Crippen LogP contribution < -0.4 is 15.2 Å². The van der Waals surface area contributed by atoms with Gasteiger partial charge in [0.2, 0.25) is 0 Å². The summed E-state index contributed by atoms with van der Waals surface area (Å²) < 4.78 is 5.17. The molecule has 100 valence electrons. The molecule has 1 aromatic heterocycles. The highest BCUT2D eigenvalue weighted by Crippen LogP contribution is 2.22. The monoisotopic (exact) mass is 279 g/mol. The number of benzene rings is 1. The number of aromatic amines is 1. The summed E-state index contributed by atoms with van der Waals surface area (Å²) in [6.07, 6.45) is 1.53. The van der Waals surface area contributed by atoms with Crippen LogP contribution in [0.25, 0.3) is 0 Å². The van der Waals surface area contributed by atoms with Crippen LogP contribution in [0.1, 0.15) is 5.56 Å². The van der Waals surface area contributed by atoms with E-state index in [9.17, 15) is 4.79 Å². The Morgan fingerprint density at radius 3 is 3.00 bits per heavy atom. The third-order valence-electron chi connectivity index (χ3n) is 2.74. The zero-order valence-electron chi connectivity index (χ0n) is 10.7. The molecule has 0 saturated heterocycles. The van der Waals surface area contributed by atoms with Gasteiger partial charge in [-0.3, -0.25) is 4.79 Å². The molecule has 0 radical (unpaired) electrons. The van der Waals surface area contributed by atoms with E-state index in [1.165, 1.54) is 6.20 Å². The third-order valence-corrected chi connectivity index (χ3v) is 3.11. The number of nitrogens with zero attached hydrogens (tertiary/aromatic N) is 2. The summed E-state index contributed by atoms with van der Waals surface area (Å²) in [5.41, 5.74) is 1.25. The molecule has 0 saturated carbocycles. The fourth-order valence-corrected chi connectivity index (χ4v) is 2.01. The fourth-order valence-electron chi connectivity index (χ4n) is 1.77. The Balaban J connectivity index is 2.23. The zero-order chi connectivity index (χ0) is 13.8. The van der Waals surface area contributed by atoms with Crippen molar-refractivity contribution in [2.75, 3.05) is 19.1 Å². The molecule has 0 aliphatic rings. The number of rotatable bonds is 4. The molecule has 2 aromatic rings. The zero-order valence-corrected chi connectivity index (χ0v) is 11.4. The summed E-state index contributed by atoms with van der Waals surface area (Å²) in [5.74, 6) is 0.793. The standard InChI is InChI=1S/C13H14ClN3O2/c1-17(11-7-15-16-13(18)12(11)14)8-9-4-3-5-10(6-9)19-2/h3-7H,8H2,1-2H3,(H,16,18). The molecule has 1 N–H and O–H groups in total. The molecule has 2 rings (SSSR count). The second kappa shape index (κ2) is 5.75. The Labute approximate surface area is 115 Å². The van der Waals surface area contributed by atoms with Gasteiger partial charge in [0.15, 0.2) is 0 Å². The first-order chi connectivity index (χ1) is 9.11. The SMILES string of the molecule is COc1cccc(CN(C)c2cn[nH]c(=O)c2Cl)c1. The van der Waals surface area contributed by atoms with E-state index in [2.05, 4.69) is 10.2 Å². The van der Waals surface area contributed by atoms with E-state index in [0.717, 1.165) is 11.3 Å². The Bertz CT molecular complexity index is 627. The molecular formula is C13H14ClN3O2. The van der Waals surface area contributed by atoms with Gasteiger partial charge < -0.3 is 9.64 Å². The molecule has 0 aliphatic heterocycles. The van der Waals surface area contributed by atoms with E-state index in [0.29, 0.717) is 12.2 Å². The number of hydrogen-bond acceptors (Lipinski definition) is 4. The van der Waals surface area contributed by atoms with Crippen LogP contribution in [0.5, 0.6) is 5.75 Å². The van der Waals surface area contributed by atoms with Gasteiger partial charge in [-0.1, -0.05) is 23.7 Å². The van der Waals surface area contributed by atoms with Crippen molar-refractivity contribution in [2.45, 2.75) is 6.54 Å². The van der Waals surface area contributed by atoms with Gasteiger partial charge in [0, 0.05) is 13.6 Å². The van der Waals surface area contributed by atoms with Crippen molar-refractivity contribution >= 4 is 17.3 Å². The predicted molar refractivity (Wildman–Crippen MR) is 75.0 cm³/mol. The van der Waals surface area contributed by atoms with E-state index >= 15 is 0 Å². The second-order valence-electron chi connectivity index (χ2n) is 4.11. The summed E-state index contributed by atoms with van der Waals surface area (Å²) in [4.78, 5) is 13.3. The first kappa shape index (κ1) is 13.4. The van der Waals surface area contributed by atoms with Gasteiger partial charge in [-0.2, -0.15) is 5.10 Å².